The number of ether oxygens (including phenoxy) is 2. The first-order chi connectivity index (χ1) is 23.1. The predicted molar refractivity (Wildman–Crippen MR) is 195 cm³/mol. The van der Waals surface area contributed by atoms with Gasteiger partial charge in [0.1, 0.15) is 5.75 Å². The number of hydrogen-bond donors (Lipinski definition) is 1. The number of fused-ring (bicyclic) bond motifs is 3. The molecule has 4 atom stereocenters. The van der Waals surface area contributed by atoms with E-state index < -0.39 is 13.7 Å². The molecule has 0 aliphatic carbocycles. The molecular weight excluding hydrogens is 684 g/mol. The number of aliphatic hydroxyl groups excluding tert-OH is 1. The van der Waals surface area contributed by atoms with E-state index in [4.69, 9.17) is 9.47 Å². The number of carbonyl (C=O) groups excluding carboxylic acids is 2. The fourth-order valence-corrected chi connectivity index (χ4v) is 12.9. The molecule has 0 unspecified atom stereocenters. The summed E-state index contributed by atoms with van der Waals surface area (Å²) in [4.78, 5) is 31.9. The number of rotatable bonds is 8. The summed E-state index contributed by atoms with van der Waals surface area (Å²) in [7, 11) is -0.606. The van der Waals surface area contributed by atoms with Crippen LogP contribution >= 0.6 is 15.9 Å². The first-order valence-corrected chi connectivity index (χ1v) is 20.5. The first kappa shape index (κ1) is 32.8. The van der Waals surface area contributed by atoms with Crippen molar-refractivity contribution in [3.63, 3.8) is 0 Å². The van der Waals surface area contributed by atoms with Gasteiger partial charge in [-0.3, -0.25) is 14.5 Å². The van der Waals surface area contributed by atoms with Crippen molar-refractivity contribution in [2.24, 2.45) is 5.92 Å². The number of halogens is 1. The Morgan fingerprint density at radius 2 is 1.73 bits per heavy atom. The molecule has 0 radical (unpaired) electrons. The molecule has 4 aromatic carbocycles. The molecule has 0 bridgehead atoms. The summed E-state index contributed by atoms with van der Waals surface area (Å²) in [5.41, 5.74) is 4.33. The molecule has 0 aromatic heterocycles. The van der Waals surface area contributed by atoms with E-state index in [1.165, 1.54) is 5.19 Å². The number of para-hydroxylation sites is 1. The Kier molecular flexibility index (Phi) is 8.60. The molecule has 3 heterocycles. The maximum atomic E-state index is 15.0. The highest BCUT2D eigenvalue weighted by molar-refractivity contribution is 9.10. The lowest BCUT2D eigenvalue weighted by Gasteiger charge is -2.37. The minimum atomic E-state index is -2.27. The third-order valence-electron chi connectivity index (χ3n) is 10.8. The minimum Gasteiger partial charge on any atom is -0.497 e. The summed E-state index contributed by atoms with van der Waals surface area (Å²) in [5, 5.41) is 11.5. The molecule has 4 aromatic rings. The van der Waals surface area contributed by atoms with Gasteiger partial charge in [0.2, 0.25) is 5.91 Å². The van der Waals surface area contributed by atoms with Crippen LogP contribution in [0.3, 0.4) is 0 Å². The van der Waals surface area contributed by atoms with Gasteiger partial charge in [0.05, 0.1) is 39.2 Å². The molecule has 1 saturated heterocycles. The van der Waals surface area contributed by atoms with E-state index >= 15 is 4.79 Å². The molecule has 48 heavy (non-hydrogen) atoms. The van der Waals surface area contributed by atoms with Gasteiger partial charge in [-0.2, -0.15) is 0 Å². The number of methoxy groups -OCH3 is 1. The van der Waals surface area contributed by atoms with Crippen LogP contribution in [0, 0.1) is 5.92 Å². The average Bonchev–Trinajstić information content (AvgIpc) is 3.51. The number of aliphatic hydroxyl groups is 1. The van der Waals surface area contributed by atoms with Crippen LogP contribution in [0.15, 0.2) is 95.5 Å². The third-order valence-corrected chi connectivity index (χ3v) is 15.7. The maximum Gasteiger partial charge on any atom is 0.264 e. The summed E-state index contributed by atoms with van der Waals surface area (Å²) in [6.07, 6.45) is 1.35. The number of benzene rings is 4. The van der Waals surface area contributed by atoms with Crippen molar-refractivity contribution in [2.75, 3.05) is 23.5 Å². The lowest BCUT2D eigenvalue weighted by molar-refractivity contribution is -0.146. The van der Waals surface area contributed by atoms with Gasteiger partial charge in [0.25, 0.3) is 5.91 Å². The largest absolute Gasteiger partial charge is 0.497 e. The van der Waals surface area contributed by atoms with Crippen molar-refractivity contribution in [2.45, 2.75) is 63.1 Å². The summed E-state index contributed by atoms with van der Waals surface area (Å²) in [6.45, 7) is 7.15. The predicted octanol–water partition coefficient (Wildman–Crippen LogP) is 7.21. The molecule has 9 heteroatoms. The highest BCUT2D eigenvalue weighted by Crippen LogP contribution is 2.60. The van der Waals surface area contributed by atoms with Gasteiger partial charge in [-0.15, -0.1) is 0 Å². The fraction of sp³-hybridized carbons (Fsp3) is 0.333. The van der Waals surface area contributed by atoms with Gasteiger partial charge < -0.3 is 19.5 Å². The zero-order chi connectivity index (χ0) is 33.8. The van der Waals surface area contributed by atoms with Crippen LogP contribution in [-0.2, 0) is 32.9 Å². The van der Waals surface area contributed by atoms with E-state index in [1.807, 2.05) is 77.7 Å². The monoisotopic (exact) mass is 724 g/mol. The first-order valence-electron chi connectivity index (χ1n) is 16.6. The Morgan fingerprint density at radius 1 is 0.958 bits per heavy atom. The molecular formula is C39H41BrN2O5Si. The average molecular weight is 726 g/mol. The Morgan fingerprint density at radius 3 is 2.48 bits per heavy atom. The molecule has 3 aliphatic rings. The van der Waals surface area contributed by atoms with Crippen LogP contribution in [0.4, 0.5) is 17.1 Å². The Balaban J connectivity index is 1.26. The highest BCUT2D eigenvalue weighted by Gasteiger charge is 2.66. The van der Waals surface area contributed by atoms with Gasteiger partial charge >= 0.3 is 0 Å². The van der Waals surface area contributed by atoms with E-state index in [2.05, 4.69) is 54.1 Å². The molecule has 1 fully saturated rings. The SMILES string of the molecule is COc1ccc([Si](C)(C)[C@H]2[C@H](CCO)O[C@@]3(C(=O)N(Cc4cccc(N5C(=O)CCc6ccccc65)c4)c4ccc(Br)cc43)[C@@H]2C)cc1. The van der Waals surface area contributed by atoms with Crippen LogP contribution in [0.2, 0.25) is 18.6 Å². The van der Waals surface area contributed by atoms with Gasteiger partial charge in [0, 0.05) is 34.7 Å². The molecule has 2 amide bonds. The van der Waals surface area contributed by atoms with E-state index in [-0.39, 0.29) is 36.0 Å². The normalized spacial score (nSPS) is 23.5. The number of amides is 2. The lowest BCUT2D eigenvalue weighted by Crippen LogP contribution is -2.51. The Hall–Kier alpha value is -3.76. The summed E-state index contributed by atoms with van der Waals surface area (Å²) in [6, 6.07) is 30.3. The standard InChI is InChI=1S/C39H41BrN2O5Si/c1-25-37(48(3,4)31-16-14-30(46-2)15-17-31)35(20-21-43)47-39(25)32-23-28(40)13-18-34(32)41(38(39)45)24-26-8-7-10-29(22-26)42-33-11-6-5-9-27(33)12-19-36(42)44/h5-11,13-18,22-23,25,35,37,43H,12,19-21,24H2,1-4H3/t25-,35+,37-,39+/m1/s1. The molecule has 7 nitrogen and oxygen atoms in total. The second-order valence-electron chi connectivity index (χ2n) is 13.7. The van der Waals surface area contributed by atoms with Crippen molar-refractivity contribution >= 4 is 58.1 Å². The van der Waals surface area contributed by atoms with Crippen LogP contribution in [0.5, 0.6) is 5.75 Å². The molecule has 0 saturated carbocycles. The maximum absolute atomic E-state index is 15.0. The van der Waals surface area contributed by atoms with E-state index in [9.17, 15) is 9.90 Å². The van der Waals surface area contributed by atoms with Crippen molar-refractivity contribution in [3.8, 4) is 5.75 Å². The summed E-state index contributed by atoms with van der Waals surface area (Å²) < 4.78 is 13.4. The van der Waals surface area contributed by atoms with Crippen LogP contribution < -0.4 is 19.7 Å². The van der Waals surface area contributed by atoms with Gasteiger partial charge in [-0.25, -0.2) is 0 Å². The van der Waals surface area contributed by atoms with E-state index in [0.29, 0.717) is 19.4 Å². The highest BCUT2D eigenvalue weighted by atomic mass is 79.9. The van der Waals surface area contributed by atoms with Crippen molar-refractivity contribution < 1.29 is 24.2 Å². The summed E-state index contributed by atoms with van der Waals surface area (Å²) >= 11 is 3.68. The topological polar surface area (TPSA) is 79.3 Å². The molecule has 248 valence electrons. The van der Waals surface area contributed by atoms with Crippen LogP contribution in [0.1, 0.15) is 36.5 Å². The molecule has 1 N–H and O–H groups in total. The Bertz CT molecular complexity index is 1880. The van der Waals surface area contributed by atoms with E-state index in [0.717, 1.165) is 50.4 Å². The van der Waals surface area contributed by atoms with Crippen molar-refractivity contribution in [1.29, 1.82) is 0 Å². The number of anilines is 3. The number of hydrogen-bond acceptors (Lipinski definition) is 5. The van der Waals surface area contributed by atoms with Crippen molar-refractivity contribution in [3.05, 3.63) is 112 Å². The number of carbonyl (C=O) groups is 2. The smallest absolute Gasteiger partial charge is 0.264 e. The van der Waals surface area contributed by atoms with Crippen LogP contribution in [0.25, 0.3) is 0 Å². The Labute approximate surface area is 291 Å². The molecule has 7 rings (SSSR count). The van der Waals surface area contributed by atoms with Gasteiger partial charge in [-0.05, 0) is 78.0 Å². The number of nitrogens with zero attached hydrogens (tertiary/aromatic N) is 2. The van der Waals surface area contributed by atoms with Crippen molar-refractivity contribution in [1.82, 2.24) is 0 Å². The molecule has 1 spiro atoms. The quantitative estimate of drug-likeness (QED) is 0.194. The van der Waals surface area contributed by atoms with Gasteiger partial charge in [-0.1, -0.05) is 83.6 Å². The fourth-order valence-electron chi connectivity index (χ4n) is 8.53. The third kappa shape index (κ3) is 5.23. The summed E-state index contributed by atoms with van der Waals surface area (Å²) in [5.74, 6) is 0.631. The minimum absolute atomic E-state index is 0.0224. The zero-order valence-corrected chi connectivity index (χ0v) is 30.4. The zero-order valence-electron chi connectivity index (χ0n) is 27.8. The van der Waals surface area contributed by atoms with Crippen LogP contribution in [-0.4, -0.2) is 44.8 Å². The second kappa shape index (κ2) is 12.6. The van der Waals surface area contributed by atoms with E-state index in [1.54, 1.807) is 12.0 Å². The second-order valence-corrected chi connectivity index (χ2v) is 19.4. The molecule has 3 aliphatic heterocycles. The lowest BCUT2D eigenvalue weighted by atomic mass is 9.82. The van der Waals surface area contributed by atoms with Gasteiger partial charge in [0.15, 0.2) is 5.60 Å². The number of aryl methyl sites for hydroxylation is 1.